The number of hydrogen-bond acceptors (Lipinski definition) is 7. The van der Waals surface area contributed by atoms with Gasteiger partial charge in [0.2, 0.25) is 6.29 Å². The van der Waals surface area contributed by atoms with Crippen molar-refractivity contribution in [1.29, 1.82) is 0 Å². The van der Waals surface area contributed by atoms with Gasteiger partial charge in [0, 0.05) is 0 Å². The lowest BCUT2D eigenvalue weighted by Crippen LogP contribution is -2.60. The molecule has 8 heteroatoms. The van der Waals surface area contributed by atoms with E-state index in [1.165, 1.54) is 0 Å². The lowest BCUT2D eigenvalue weighted by molar-refractivity contribution is -0.286. The number of carbonyl (C=O) groups is 2. The van der Waals surface area contributed by atoms with Crippen molar-refractivity contribution in [2.24, 2.45) is 5.92 Å². The Morgan fingerprint density at radius 2 is 1.63 bits per heavy atom. The zero-order chi connectivity index (χ0) is 20.3. The summed E-state index contributed by atoms with van der Waals surface area (Å²) in [6.07, 6.45) is -8.01. The number of aliphatic hydroxyl groups is 3. The maximum absolute atomic E-state index is 12.4. The van der Waals surface area contributed by atoms with E-state index in [1.807, 2.05) is 12.1 Å². The minimum absolute atomic E-state index is 0.507. The lowest BCUT2D eigenvalue weighted by Gasteiger charge is -2.38. The molecule has 1 aliphatic heterocycles. The second-order valence-corrected chi connectivity index (χ2v) is 7.23. The van der Waals surface area contributed by atoms with Crippen LogP contribution in [-0.4, -0.2) is 63.1 Å². The molecule has 1 saturated heterocycles. The molecule has 1 aliphatic rings. The number of aliphatic hydroxyl groups excluding tert-OH is 3. The summed E-state index contributed by atoms with van der Waals surface area (Å²) in [7, 11) is 0. The molecule has 0 aromatic heterocycles. The van der Waals surface area contributed by atoms with Crippen LogP contribution < -0.4 is 0 Å². The average Bonchev–Trinajstić information content (AvgIpc) is 2.61. The molecule has 1 fully saturated rings. The second-order valence-electron chi connectivity index (χ2n) is 7.23. The first-order chi connectivity index (χ1) is 12.6. The number of carboxylic acid groups (broad SMARTS) is 1. The summed E-state index contributed by atoms with van der Waals surface area (Å²) in [5.74, 6) is -2.47. The number of aliphatic carboxylic acids is 1. The Hall–Kier alpha value is -2.00. The first-order valence-electron chi connectivity index (χ1n) is 8.83. The summed E-state index contributed by atoms with van der Waals surface area (Å²) in [5, 5.41) is 38.4. The van der Waals surface area contributed by atoms with Crippen LogP contribution in [0, 0.1) is 5.92 Å². The number of hydrogen-bond donors (Lipinski definition) is 4. The van der Waals surface area contributed by atoms with Crippen molar-refractivity contribution in [2.45, 2.75) is 63.8 Å². The molecular weight excluding hydrogens is 356 g/mol. The van der Waals surface area contributed by atoms with Crippen molar-refractivity contribution in [2.75, 3.05) is 0 Å². The largest absolute Gasteiger partial charge is 0.479 e. The summed E-state index contributed by atoms with van der Waals surface area (Å²) in [5.41, 5.74) is 1.83. The van der Waals surface area contributed by atoms with Crippen LogP contribution in [-0.2, 0) is 25.5 Å². The van der Waals surface area contributed by atoms with Crippen LogP contribution in [0.25, 0.3) is 0 Å². The summed E-state index contributed by atoms with van der Waals surface area (Å²) in [6, 6.07) is 7.46. The molecule has 0 radical (unpaired) electrons. The summed E-state index contributed by atoms with van der Waals surface area (Å²) < 4.78 is 10.0. The smallest absolute Gasteiger partial charge is 0.335 e. The molecule has 8 nitrogen and oxygen atoms in total. The van der Waals surface area contributed by atoms with E-state index >= 15 is 0 Å². The first kappa shape index (κ1) is 21.3. The molecule has 0 bridgehead atoms. The van der Waals surface area contributed by atoms with Gasteiger partial charge in [-0.1, -0.05) is 38.1 Å². The van der Waals surface area contributed by atoms with Crippen molar-refractivity contribution >= 4 is 11.9 Å². The van der Waals surface area contributed by atoms with E-state index in [1.54, 1.807) is 19.1 Å². The fraction of sp³-hybridized carbons (Fsp3) is 0.579. The SMILES string of the molecule is CC(C)Cc1ccc([C@@H](C)C(=O)O[C@@H]2O[C@H](C(=O)O)[C@@H](O)[C@H](O)[C@H]2O)cc1. The normalized spacial score (nSPS) is 29.4. The highest BCUT2D eigenvalue weighted by molar-refractivity contribution is 5.78. The van der Waals surface area contributed by atoms with E-state index in [-0.39, 0.29) is 0 Å². The van der Waals surface area contributed by atoms with Crippen molar-refractivity contribution < 1.29 is 39.5 Å². The van der Waals surface area contributed by atoms with E-state index in [9.17, 15) is 24.9 Å². The van der Waals surface area contributed by atoms with Gasteiger partial charge in [-0.25, -0.2) is 4.79 Å². The second kappa shape index (κ2) is 8.79. The molecule has 1 heterocycles. The van der Waals surface area contributed by atoms with Gasteiger partial charge in [-0.2, -0.15) is 0 Å². The predicted molar refractivity (Wildman–Crippen MR) is 93.8 cm³/mol. The Morgan fingerprint density at radius 1 is 1.04 bits per heavy atom. The summed E-state index contributed by atoms with van der Waals surface area (Å²) >= 11 is 0. The average molecular weight is 382 g/mol. The van der Waals surface area contributed by atoms with Gasteiger partial charge in [-0.05, 0) is 30.4 Å². The molecule has 0 aliphatic carbocycles. The van der Waals surface area contributed by atoms with Crippen LogP contribution in [0.1, 0.15) is 37.8 Å². The van der Waals surface area contributed by atoms with Crippen molar-refractivity contribution in [3.63, 3.8) is 0 Å². The maximum Gasteiger partial charge on any atom is 0.335 e. The van der Waals surface area contributed by atoms with Crippen molar-refractivity contribution in [3.8, 4) is 0 Å². The lowest BCUT2D eigenvalue weighted by atomic mass is 9.96. The van der Waals surface area contributed by atoms with E-state index < -0.39 is 48.6 Å². The molecular formula is C19H26O8. The third-order valence-electron chi connectivity index (χ3n) is 4.52. The van der Waals surface area contributed by atoms with E-state index in [2.05, 4.69) is 13.8 Å². The number of carboxylic acids is 1. The molecule has 2 rings (SSSR count). The number of esters is 1. The Balaban J connectivity index is 2.05. The van der Waals surface area contributed by atoms with Gasteiger partial charge >= 0.3 is 11.9 Å². The topological polar surface area (TPSA) is 134 Å². The van der Waals surface area contributed by atoms with Crippen LogP contribution in [0.15, 0.2) is 24.3 Å². The Labute approximate surface area is 157 Å². The Kier molecular flexibility index (Phi) is 6.94. The fourth-order valence-corrected chi connectivity index (χ4v) is 2.92. The Morgan fingerprint density at radius 3 is 2.15 bits per heavy atom. The van der Waals surface area contributed by atoms with Crippen LogP contribution in [0.5, 0.6) is 0 Å². The summed E-state index contributed by atoms with van der Waals surface area (Å²) in [4.78, 5) is 23.5. The van der Waals surface area contributed by atoms with Gasteiger partial charge in [-0.3, -0.25) is 4.79 Å². The van der Waals surface area contributed by atoms with E-state index in [4.69, 9.17) is 14.6 Å². The molecule has 0 unspecified atom stereocenters. The quantitative estimate of drug-likeness (QED) is 0.520. The van der Waals surface area contributed by atoms with Gasteiger partial charge in [0.05, 0.1) is 5.92 Å². The first-order valence-corrected chi connectivity index (χ1v) is 8.83. The third-order valence-corrected chi connectivity index (χ3v) is 4.52. The van der Waals surface area contributed by atoms with Gasteiger partial charge in [0.15, 0.2) is 6.10 Å². The molecule has 1 aromatic carbocycles. The monoisotopic (exact) mass is 382 g/mol. The third kappa shape index (κ3) is 5.04. The van der Waals surface area contributed by atoms with Gasteiger partial charge < -0.3 is 29.9 Å². The molecule has 1 aromatic rings. The number of ether oxygens (including phenoxy) is 2. The van der Waals surface area contributed by atoms with Gasteiger partial charge in [0.1, 0.15) is 18.3 Å². The molecule has 0 saturated carbocycles. The minimum Gasteiger partial charge on any atom is -0.479 e. The number of rotatable bonds is 6. The molecule has 4 N–H and O–H groups in total. The fourth-order valence-electron chi connectivity index (χ4n) is 2.92. The van der Waals surface area contributed by atoms with Crippen LogP contribution in [0.4, 0.5) is 0 Å². The highest BCUT2D eigenvalue weighted by Gasteiger charge is 2.48. The highest BCUT2D eigenvalue weighted by atomic mass is 16.7. The molecule has 0 spiro atoms. The Bertz CT molecular complexity index is 656. The minimum atomic E-state index is -1.83. The van der Waals surface area contributed by atoms with Crippen LogP contribution >= 0.6 is 0 Å². The highest BCUT2D eigenvalue weighted by Crippen LogP contribution is 2.25. The predicted octanol–water partition coefficient (Wildman–Crippen LogP) is 0.424. The van der Waals surface area contributed by atoms with Crippen molar-refractivity contribution in [3.05, 3.63) is 35.4 Å². The molecule has 27 heavy (non-hydrogen) atoms. The van der Waals surface area contributed by atoms with Gasteiger partial charge in [0.25, 0.3) is 0 Å². The molecule has 0 amide bonds. The van der Waals surface area contributed by atoms with Crippen LogP contribution in [0.3, 0.4) is 0 Å². The summed E-state index contributed by atoms with van der Waals surface area (Å²) in [6.45, 7) is 5.83. The molecule has 150 valence electrons. The van der Waals surface area contributed by atoms with E-state index in [0.29, 0.717) is 11.5 Å². The zero-order valence-electron chi connectivity index (χ0n) is 15.5. The van der Waals surface area contributed by atoms with Crippen LogP contribution in [0.2, 0.25) is 0 Å². The van der Waals surface area contributed by atoms with E-state index in [0.717, 1.165) is 12.0 Å². The van der Waals surface area contributed by atoms with Crippen molar-refractivity contribution in [1.82, 2.24) is 0 Å². The van der Waals surface area contributed by atoms with Gasteiger partial charge in [-0.15, -0.1) is 0 Å². The maximum atomic E-state index is 12.4. The molecule has 6 atom stereocenters. The number of carbonyl (C=O) groups excluding carboxylic acids is 1. The zero-order valence-corrected chi connectivity index (χ0v) is 15.5. The number of benzene rings is 1. The standard InChI is InChI=1S/C19H26O8/c1-9(2)8-11-4-6-12(7-5-11)10(3)18(25)27-19-15(22)13(20)14(21)16(26-19)17(23)24/h4-7,9-10,13-16,19-22H,8H2,1-3H3,(H,23,24)/t10-,13+,14+,15-,16+,19+/m1/s1.